The van der Waals surface area contributed by atoms with E-state index in [0.717, 1.165) is 25.1 Å². The van der Waals surface area contributed by atoms with Gasteiger partial charge >= 0.3 is 0 Å². The summed E-state index contributed by atoms with van der Waals surface area (Å²) in [6.45, 7) is 9.20. The van der Waals surface area contributed by atoms with Gasteiger partial charge in [-0.3, -0.25) is 14.5 Å². The molecule has 154 valence electrons. The molecule has 2 fully saturated rings. The van der Waals surface area contributed by atoms with Crippen molar-refractivity contribution in [3.63, 3.8) is 0 Å². The van der Waals surface area contributed by atoms with Crippen LogP contribution in [0.3, 0.4) is 0 Å². The van der Waals surface area contributed by atoms with E-state index in [1.165, 1.54) is 24.8 Å². The first-order valence-electron chi connectivity index (χ1n) is 10.8. The Bertz CT molecular complexity index is 665. The molecule has 2 aliphatic rings. The second-order valence-electron chi connectivity index (χ2n) is 8.63. The number of nitrogens with one attached hydrogen (secondary N) is 1. The molecule has 1 aliphatic heterocycles. The number of carbonyl (C=O) groups excluding carboxylic acids is 2. The second-order valence-corrected chi connectivity index (χ2v) is 8.63. The van der Waals surface area contributed by atoms with Gasteiger partial charge in [0.15, 0.2) is 0 Å². The van der Waals surface area contributed by atoms with Gasteiger partial charge in [-0.2, -0.15) is 0 Å². The van der Waals surface area contributed by atoms with Crippen LogP contribution in [-0.4, -0.2) is 59.9 Å². The second kappa shape index (κ2) is 9.55. The number of benzene rings is 1. The average molecular weight is 386 g/mol. The Labute approximate surface area is 169 Å². The predicted molar refractivity (Wildman–Crippen MR) is 112 cm³/mol. The number of hydrogen-bond donors (Lipinski definition) is 1. The van der Waals surface area contributed by atoms with Gasteiger partial charge in [-0.15, -0.1) is 0 Å². The molecule has 1 aromatic carbocycles. The largest absolute Gasteiger partial charge is 0.352 e. The maximum Gasteiger partial charge on any atom is 0.237 e. The van der Waals surface area contributed by atoms with Gasteiger partial charge in [0.25, 0.3) is 0 Å². The van der Waals surface area contributed by atoms with E-state index in [2.05, 4.69) is 24.1 Å². The van der Waals surface area contributed by atoms with Crippen LogP contribution in [0.5, 0.6) is 0 Å². The maximum absolute atomic E-state index is 12.7. The molecule has 0 aromatic heterocycles. The summed E-state index contributed by atoms with van der Waals surface area (Å²) in [6, 6.07) is 8.34. The third-order valence-corrected chi connectivity index (χ3v) is 6.51. The molecule has 1 saturated carbocycles. The first kappa shape index (κ1) is 20.8. The lowest BCUT2D eigenvalue weighted by molar-refractivity contribution is -0.133. The predicted octanol–water partition coefficient (Wildman–Crippen LogP) is 2.77. The van der Waals surface area contributed by atoms with Crippen molar-refractivity contribution in [2.45, 2.75) is 65.0 Å². The average Bonchev–Trinajstić information content (AvgIpc) is 2.71. The molecule has 1 aliphatic carbocycles. The summed E-state index contributed by atoms with van der Waals surface area (Å²) in [6.07, 6.45) is 5.25. The lowest BCUT2D eigenvalue weighted by Gasteiger charge is -2.38. The number of rotatable bonds is 5. The van der Waals surface area contributed by atoms with Crippen molar-refractivity contribution in [3.05, 3.63) is 35.4 Å². The Hall–Kier alpha value is -1.88. The molecule has 2 amide bonds. The summed E-state index contributed by atoms with van der Waals surface area (Å²) in [5, 5.41) is 3.28. The zero-order valence-electron chi connectivity index (χ0n) is 17.6. The number of amides is 2. The fourth-order valence-corrected chi connectivity index (χ4v) is 4.35. The van der Waals surface area contributed by atoms with Gasteiger partial charge in [0, 0.05) is 32.2 Å². The standard InChI is InChI=1S/C23H35N3O2/c1-17-8-10-20(11-9-17)16-22(27)26-14-12-25(13-15-26)19(3)23(28)24-21-7-5-4-6-18(21)2/h8-11,18-19,21H,4-7,12-16H2,1-3H3,(H,24,28). The minimum absolute atomic E-state index is 0.136. The highest BCUT2D eigenvalue weighted by Gasteiger charge is 2.30. The first-order chi connectivity index (χ1) is 13.4. The Morgan fingerprint density at radius 3 is 2.36 bits per heavy atom. The monoisotopic (exact) mass is 385 g/mol. The Morgan fingerprint density at radius 1 is 1.07 bits per heavy atom. The number of hydrogen-bond acceptors (Lipinski definition) is 3. The van der Waals surface area contributed by atoms with Gasteiger partial charge in [0.2, 0.25) is 11.8 Å². The van der Waals surface area contributed by atoms with Gasteiger partial charge < -0.3 is 10.2 Å². The summed E-state index contributed by atoms with van der Waals surface area (Å²) in [5.41, 5.74) is 2.27. The number of nitrogens with zero attached hydrogens (tertiary/aromatic N) is 2. The molecule has 1 N–H and O–H groups in total. The van der Waals surface area contributed by atoms with E-state index in [4.69, 9.17) is 0 Å². The van der Waals surface area contributed by atoms with E-state index in [9.17, 15) is 9.59 Å². The minimum Gasteiger partial charge on any atom is -0.352 e. The zero-order valence-corrected chi connectivity index (χ0v) is 17.6. The summed E-state index contributed by atoms with van der Waals surface area (Å²) in [5.74, 6) is 0.885. The van der Waals surface area contributed by atoms with Crippen molar-refractivity contribution >= 4 is 11.8 Å². The molecule has 28 heavy (non-hydrogen) atoms. The van der Waals surface area contributed by atoms with Crippen LogP contribution < -0.4 is 5.32 Å². The molecule has 3 atom stereocenters. The fourth-order valence-electron chi connectivity index (χ4n) is 4.35. The minimum atomic E-state index is -0.136. The van der Waals surface area contributed by atoms with E-state index < -0.39 is 0 Å². The number of carbonyl (C=O) groups is 2. The van der Waals surface area contributed by atoms with Crippen molar-refractivity contribution in [2.75, 3.05) is 26.2 Å². The van der Waals surface area contributed by atoms with Crippen LogP contribution in [0.25, 0.3) is 0 Å². The molecule has 0 bridgehead atoms. The maximum atomic E-state index is 12.7. The van der Waals surface area contributed by atoms with Crippen molar-refractivity contribution in [1.29, 1.82) is 0 Å². The highest BCUT2D eigenvalue weighted by atomic mass is 16.2. The Morgan fingerprint density at radius 2 is 1.71 bits per heavy atom. The molecule has 5 heteroatoms. The van der Waals surface area contributed by atoms with E-state index in [1.807, 2.05) is 36.1 Å². The zero-order chi connectivity index (χ0) is 20.1. The van der Waals surface area contributed by atoms with Crippen molar-refractivity contribution < 1.29 is 9.59 Å². The highest BCUT2D eigenvalue weighted by molar-refractivity contribution is 5.82. The van der Waals surface area contributed by atoms with Crippen molar-refractivity contribution in [3.8, 4) is 0 Å². The third-order valence-electron chi connectivity index (χ3n) is 6.51. The molecular weight excluding hydrogens is 350 g/mol. The molecular formula is C23H35N3O2. The van der Waals surface area contributed by atoms with Crippen LogP contribution >= 0.6 is 0 Å². The van der Waals surface area contributed by atoms with Gasteiger partial charge in [0.05, 0.1) is 12.5 Å². The fraction of sp³-hybridized carbons (Fsp3) is 0.652. The van der Waals surface area contributed by atoms with Gasteiger partial charge in [-0.05, 0) is 38.2 Å². The first-order valence-corrected chi connectivity index (χ1v) is 10.8. The molecule has 0 spiro atoms. The lowest BCUT2D eigenvalue weighted by atomic mass is 9.86. The molecule has 0 radical (unpaired) electrons. The van der Waals surface area contributed by atoms with Crippen LogP contribution in [0.15, 0.2) is 24.3 Å². The molecule has 1 saturated heterocycles. The van der Waals surface area contributed by atoms with Gasteiger partial charge in [-0.1, -0.05) is 49.6 Å². The van der Waals surface area contributed by atoms with E-state index in [-0.39, 0.29) is 17.9 Å². The van der Waals surface area contributed by atoms with Crippen LogP contribution in [0.4, 0.5) is 0 Å². The van der Waals surface area contributed by atoms with Crippen molar-refractivity contribution in [2.24, 2.45) is 5.92 Å². The molecule has 3 rings (SSSR count). The number of aryl methyl sites for hydroxylation is 1. The summed E-state index contributed by atoms with van der Waals surface area (Å²) in [7, 11) is 0. The number of piperazine rings is 1. The quantitative estimate of drug-likeness (QED) is 0.848. The van der Waals surface area contributed by atoms with Gasteiger partial charge in [0.1, 0.15) is 0 Å². The van der Waals surface area contributed by atoms with Crippen LogP contribution in [0.2, 0.25) is 0 Å². The molecule has 5 nitrogen and oxygen atoms in total. The topological polar surface area (TPSA) is 52.7 Å². The normalized spacial score (nSPS) is 24.6. The Kier molecular flexibility index (Phi) is 7.11. The van der Waals surface area contributed by atoms with E-state index in [0.29, 0.717) is 31.5 Å². The Balaban J connectivity index is 1.45. The van der Waals surface area contributed by atoms with Crippen LogP contribution in [0.1, 0.15) is 50.7 Å². The smallest absolute Gasteiger partial charge is 0.237 e. The van der Waals surface area contributed by atoms with Gasteiger partial charge in [-0.25, -0.2) is 0 Å². The summed E-state index contributed by atoms with van der Waals surface area (Å²) >= 11 is 0. The molecule has 1 heterocycles. The molecule has 3 unspecified atom stereocenters. The third kappa shape index (κ3) is 5.34. The van der Waals surface area contributed by atoms with E-state index in [1.54, 1.807) is 0 Å². The van der Waals surface area contributed by atoms with E-state index >= 15 is 0 Å². The van der Waals surface area contributed by atoms with Crippen molar-refractivity contribution in [1.82, 2.24) is 15.1 Å². The lowest BCUT2D eigenvalue weighted by Crippen LogP contribution is -2.56. The summed E-state index contributed by atoms with van der Waals surface area (Å²) in [4.78, 5) is 29.4. The summed E-state index contributed by atoms with van der Waals surface area (Å²) < 4.78 is 0. The van der Waals surface area contributed by atoms with Crippen LogP contribution in [0, 0.1) is 12.8 Å². The molecule has 1 aromatic rings. The van der Waals surface area contributed by atoms with Crippen LogP contribution in [-0.2, 0) is 16.0 Å². The highest BCUT2D eigenvalue weighted by Crippen LogP contribution is 2.24. The SMILES string of the molecule is Cc1ccc(CC(=O)N2CCN(C(C)C(=O)NC3CCCCC3C)CC2)cc1.